The SMILES string of the molecule is Cc1ccc(NC(=O)c2ccc(C(CCCCN)N3CCNCC3)cc2)cc1Nc1nccc(-c2cccnc2)n1. The maximum absolute atomic E-state index is 13.2. The van der Waals surface area contributed by atoms with Crippen LogP contribution < -0.4 is 21.7 Å². The van der Waals surface area contributed by atoms with Crippen LogP contribution in [0, 0.1) is 6.92 Å². The molecular weight excluding hydrogens is 512 g/mol. The number of pyridine rings is 1. The van der Waals surface area contributed by atoms with Gasteiger partial charge >= 0.3 is 0 Å². The summed E-state index contributed by atoms with van der Waals surface area (Å²) in [5.74, 6) is 0.321. The van der Waals surface area contributed by atoms with E-state index in [-0.39, 0.29) is 5.91 Å². The number of nitrogens with zero attached hydrogens (tertiary/aromatic N) is 4. The van der Waals surface area contributed by atoms with E-state index in [4.69, 9.17) is 5.73 Å². The molecule has 5 N–H and O–H groups in total. The van der Waals surface area contributed by atoms with E-state index >= 15 is 0 Å². The van der Waals surface area contributed by atoms with Gasteiger partial charge in [-0.05, 0) is 79.9 Å². The van der Waals surface area contributed by atoms with E-state index in [1.165, 1.54) is 5.56 Å². The van der Waals surface area contributed by atoms with Crippen molar-refractivity contribution in [2.75, 3.05) is 43.4 Å². The third-order valence-corrected chi connectivity index (χ3v) is 7.44. The number of piperazine rings is 1. The molecule has 4 aromatic rings. The number of unbranched alkanes of at least 4 members (excludes halogenated alkanes) is 1. The van der Waals surface area contributed by atoms with E-state index in [1.807, 2.05) is 55.5 Å². The fourth-order valence-electron chi connectivity index (χ4n) is 5.14. The van der Waals surface area contributed by atoms with Gasteiger partial charge in [0.15, 0.2) is 0 Å². The number of nitrogens with one attached hydrogen (secondary N) is 3. The summed E-state index contributed by atoms with van der Waals surface area (Å²) in [6, 6.07) is 19.8. The Kier molecular flexibility index (Phi) is 9.64. The molecule has 1 unspecified atom stereocenters. The Morgan fingerprint density at radius 2 is 1.88 bits per heavy atom. The molecule has 5 rings (SSSR count). The quantitative estimate of drug-likeness (QED) is 0.194. The molecule has 1 atom stereocenters. The second-order valence-electron chi connectivity index (χ2n) is 10.3. The topological polar surface area (TPSA) is 121 Å². The molecule has 2 aromatic carbocycles. The Bertz CT molecular complexity index is 1420. The number of aryl methyl sites for hydroxylation is 1. The van der Waals surface area contributed by atoms with Crippen molar-refractivity contribution in [1.82, 2.24) is 25.2 Å². The van der Waals surface area contributed by atoms with Gasteiger partial charge in [-0.15, -0.1) is 0 Å². The van der Waals surface area contributed by atoms with Gasteiger partial charge in [0.2, 0.25) is 5.95 Å². The first-order valence-electron chi connectivity index (χ1n) is 14.3. The van der Waals surface area contributed by atoms with E-state index in [9.17, 15) is 4.79 Å². The smallest absolute Gasteiger partial charge is 0.255 e. The molecule has 0 aliphatic carbocycles. The maximum Gasteiger partial charge on any atom is 0.255 e. The van der Waals surface area contributed by atoms with Crippen LogP contribution in [0.4, 0.5) is 17.3 Å². The van der Waals surface area contributed by atoms with Gasteiger partial charge in [0.05, 0.1) is 5.69 Å². The maximum atomic E-state index is 13.2. The molecule has 1 aliphatic heterocycles. The standard InChI is InChI=1S/C32H38N8O/c1-23-7-12-27(21-29(23)39-32-36-16-13-28(38-32)26-5-4-15-35-22-26)37-31(41)25-10-8-24(9-11-25)30(6-2-3-14-33)40-19-17-34-18-20-40/h4-5,7-13,15-16,21-22,30,34H,2-3,6,14,17-20,33H2,1H3,(H,37,41)(H,36,38,39). The molecule has 1 fully saturated rings. The van der Waals surface area contributed by atoms with Crippen molar-refractivity contribution < 1.29 is 4.79 Å². The van der Waals surface area contributed by atoms with Gasteiger partial charge in [-0.1, -0.05) is 24.6 Å². The minimum atomic E-state index is -0.150. The summed E-state index contributed by atoms with van der Waals surface area (Å²) < 4.78 is 0. The molecule has 1 saturated heterocycles. The number of anilines is 3. The van der Waals surface area contributed by atoms with E-state index in [2.05, 4.69) is 47.9 Å². The van der Waals surface area contributed by atoms with Gasteiger partial charge < -0.3 is 21.7 Å². The van der Waals surface area contributed by atoms with Crippen LogP contribution in [-0.4, -0.2) is 58.5 Å². The lowest BCUT2D eigenvalue weighted by Crippen LogP contribution is -2.45. The lowest BCUT2D eigenvalue weighted by molar-refractivity contribution is 0.102. The average Bonchev–Trinajstić information content (AvgIpc) is 3.02. The van der Waals surface area contributed by atoms with Crippen molar-refractivity contribution in [3.8, 4) is 11.3 Å². The number of nitrogens with two attached hydrogens (primary N) is 1. The highest BCUT2D eigenvalue weighted by molar-refractivity contribution is 6.04. The Labute approximate surface area is 241 Å². The largest absolute Gasteiger partial charge is 0.330 e. The minimum Gasteiger partial charge on any atom is -0.330 e. The van der Waals surface area contributed by atoms with Crippen molar-refractivity contribution >= 4 is 23.2 Å². The highest BCUT2D eigenvalue weighted by Crippen LogP contribution is 2.28. The number of hydrogen-bond donors (Lipinski definition) is 4. The zero-order valence-corrected chi connectivity index (χ0v) is 23.5. The van der Waals surface area contributed by atoms with Gasteiger partial charge in [-0.3, -0.25) is 14.7 Å². The van der Waals surface area contributed by atoms with Gasteiger partial charge in [0.25, 0.3) is 5.91 Å². The lowest BCUT2D eigenvalue weighted by atomic mass is 9.97. The van der Waals surface area contributed by atoms with Crippen LogP contribution in [0.5, 0.6) is 0 Å². The third-order valence-electron chi connectivity index (χ3n) is 7.44. The number of hydrogen-bond acceptors (Lipinski definition) is 8. The van der Waals surface area contributed by atoms with Gasteiger partial charge in [0.1, 0.15) is 0 Å². The molecule has 0 saturated carbocycles. The molecule has 9 heteroatoms. The fraction of sp³-hybridized carbons (Fsp3) is 0.312. The van der Waals surface area contributed by atoms with E-state index in [0.29, 0.717) is 29.8 Å². The Hall–Kier alpha value is -4.18. The highest BCUT2D eigenvalue weighted by Gasteiger charge is 2.22. The second-order valence-corrected chi connectivity index (χ2v) is 10.3. The van der Waals surface area contributed by atoms with Crippen molar-refractivity contribution in [3.63, 3.8) is 0 Å². The van der Waals surface area contributed by atoms with Crippen LogP contribution in [0.25, 0.3) is 11.3 Å². The molecular formula is C32H38N8O. The monoisotopic (exact) mass is 550 g/mol. The first-order chi connectivity index (χ1) is 20.1. The summed E-state index contributed by atoms with van der Waals surface area (Å²) in [4.78, 5) is 28.9. The van der Waals surface area contributed by atoms with Gasteiger partial charge in [-0.2, -0.15) is 0 Å². The summed E-state index contributed by atoms with van der Waals surface area (Å²) >= 11 is 0. The second kappa shape index (κ2) is 13.9. The molecule has 212 valence electrons. The van der Waals surface area contributed by atoms with E-state index in [0.717, 1.165) is 67.9 Å². The molecule has 9 nitrogen and oxygen atoms in total. The third kappa shape index (κ3) is 7.52. The minimum absolute atomic E-state index is 0.150. The Morgan fingerprint density at radius 3 is 2.63 bits per heavy atom. The lowest BCUT2D eigenvalue weighted by Gasteiger charge is -2.35. The molecule has 0 bridgehead atoms. The zero-order valence-electron chi connectivity index (χ0n) is 23.5. The summed E-state index contributed by atoms with van der Waals surface area (Å²) in [5, 5.41) is 9.78. The van der Waals surface area contributed by atoms with Crippen molar-refractivity contribution in [2.24, 2.45) is 5.73 Å². The Balaban J connectivity index is 1.26. The molecule has 1 aliphatic rings. The van der Waals surface area contributed by atoms with Crippen LogP contribution in [0.15, 0.2) is 79.3 Å². The van der Waals surface area contributed by atoms with Crippen LogP contribution in [0.1, 0.15) is 46.8 Å². The van der Waals surface area contributed by atoms with Crippen LogP contribution in [0.3, 0.4) is 0 Å². The van der Waals surface area contributed by atoms with Crippen molar-refractivity contribution in [1.29, 1.82) is 0 Å². The predicted molar refractivity (Wildman–Crippen MR) is 164 cm³/mol. The van der Waals surface area contributed by atoms with Gasteiger partial charge in [0, 0.05) is 73.3 Å². The average molecular weight is 551 g/mol. The number of carbonyl (C=O) groups is 1. The first-order valence-corrected chi connectivity index (χ1v) is 14.3. The number of aromatic nitrogens is 3. The number of benzene rings is 2. The molecule has 0 spiro atoms. The Morgan fingerprint density at radius 1 is 1.05 bits per heavy atom. The number of rotatable bonds is 11. The van der Waals surface area contributed by atoms with Crippen LogP contribution >= 0.6 is 0 Å². The highest BCUT2D eigenvalue weighted by atomic mass is 16.1. The predicted octanol–water partition coefficient (Wildman–Crippen LogP) is 4.92. The number of carbonyl (C=O) groups excluding carboxylic acids is 1. The van der Waals surface area contributed by atoms with Gasteiger partial charge in [-0.25, -0.2) is 9.97 Å². The zero-order chi connectivity index (χ0) is 28.4. The summed E-state index contributed by atoms with van der Waals surface area (Å²) in [6.45, 7) is 6.78. The molecule has 3 heterocycles. The van der Waals surface area contributed by atoms with Crippen LogP contribution in [-0.2, 0) is 0 Å². The molecule has 41 heavy (non-hydrogen) atoms. The summed E-state index contributed by atoms with van der Waals surface area (Å²) in [6.07, 6.45) is 8.40. The van der Waals surface area contributed by atoms with E-state index in [1.54, 1.807) is 18.6 Å². The number of amides is 1. The summed E-state index contributed by atoms with van der Waals surface area (Å²) in [7, 11) is 0. The molecule has 2 aromatic heterocycles. The van der Waals surface area contributed by atoms with Crippen LogP contribution in [0.2, 0.25) is 0 Å². The van der Waals surface area contributed by atoms with Crippen molar-refractivity contribution in [3.05, 3.63) is 95.9 Å². The normalized spacial score (nSPS) is 14.4. The summed E-state index contributed by atoms with van der Waals surface area (Å²) in [5.41, 5.74) is 11.8. The molecule has 1 amide bonds. The van der Waals surface area contributed by atoms with E-state index < -0.39 is 0 Å². The van der Waals surface area contributed by atoms with Crippen molar-refractivity contribution in [2.45, 2.75) is 32.2 Å². The first kappa shape index (κ1) is 28.4. The fourth-order valence-corrected chi connectivity index (χ4v) is 5.14. The molecule has 0 radical (unpaired) electrons.